The zero-order valence-electron chi connectivity index (χ0n) is 37.4. The number of ether oxygens (including phenoxy) is 5. The first-order chi connectivity index (χ1) is 32.4. The van der Waals surface area contributed by atoms with Crippen molar-refractivity contribution < 1.29 is 48.3 Å². The van der Waals surface area contributed by atoms with Crippen molar-refractivity contribution in [3.05, 3.63) is 126 Å². The number of aliphatic hydroxyl groups is 2. The van der Waals surface area contributed by atoms with Gasteiger partial charge in [-0.2, -0.15) is 0 Å². The van der Waals surface area contributed by atoms with Crippen molar-refractivity contribution in [2.24, 2.45) is 22.9 Å². The summed E-state index contributed by atoms with van der Waals surface area (Å²) in [5.41, 5.74) is 3.85. The second kappa shape index (κ2) is 22.5. The lowest BCUT2D eigenvalue weighted by Gasteiger charge is -2.60. The van der Waals surface area contributed by atoms with Crippen LogP contribution in [0.3, 0.4) is 0 Å². The lowest BCUT2D eigenvalue weighted by molar-refractivity contribution is -0.256. The van der Waals surface area contributed by atoms with Crippen molar-refractivity contribution in [1.82, 2.24) is 4.90 Å². The van der Waals surface area contributed by atoms with Gasteiger partial charge in [0.2, 0.25) is 12.1 Å². The van der Waals surface area contributed by atoms with Crippen LogP contribution in [-0.4, -0.2) is 90.2 Å². The topological polar surface area (TPSA) is 146 Å². The molecular formula is C53H61ClN2O10. The van der Waals surface area contributed by atoms with Crippen molar-refractivity contribution in [3.63, 3.8) is 0 Å². The van der Waals surface area contributed by atoms with Crippen LogP contribution in [0.4, 0.5) is 4.79 Å². The summed E-state index contributed by atoms with van der Waals surface area (Å²) in [6, 6.07) is 26.1. The van der Waals surface area contributed by atoms with Crippen LogP contribution in [0.2, 0.25) is 0 Å². The number of unbranched alkanes of at least 4 members (excludes halogenated alkanes) is 2. The van der Waals surface area contributed by atoms with Gasteiger partial charge in [-0.05, 0) is 103 Å². The Hall–Kier alpha value is -5.24. The molecule has 7 unspecified atom stereocenters. The minimum absolute atomic E-state index is 0.00931. The third-order valence-electron chi connectivity index (χ3n) is 13.4. The number of halogens is 1. The Bertz CT molecular complexity index is 2360. The predicted octanol–water partition coefficient (Wildman–Crippen LogP) is 10.5. The van der Waals surface area contributed by atoms with Gasteiger partial charge in [-0.1, -0.05) is 84.7 Å². The largest absolute Gasteiger partial charge is 0.459 e. The molecule has 2 fully saturated rings. The number of alkyl halides is 1. The lowest BCUT2D eigenvalue weighted by Crippen LogP contribution is -2.70. The van der Waals surface area contributed by atoms with Crippen LogP contribution in [0.15, 0.2) is 114 Å². The first-order valence-corrected chi connectivity index (χ1v) is 24.0. The van der Waals surface area contributed by atoms with E-state index in [1.807, 2.05) is 48.5 Å². The van der Waals surface area contributed by atoms with E-state index < -0.39 is 30.1 Å². The van der Waals surface area contributed by atoms with E-state index in [-0.39, 0.29) is 63.0 Å². The van der Waals surface area contributed by atoms with Gasteiger partial charge in [0.25, 0.3) is 0 Å². The first-order valence-electron chi connectivity index (χ1n) is 23.5. The Kier molecular flexibility index (Phi) is 16.1. The molecule has 350 valence electrons. The van der Waals surface area contributed by atoms with Gasteiger partial charge in [0.15, 0.2) is 0 Å². The van der Waals surface area contributed by atoms with Crippen molar-refractivity contribution in [3.8, 4) is 17.2 Å². The molecule has 1 saturated carbocycles. The summed E-state index contributed by atoms with van der Waals surface area (Å²) in [5.74, 6) is -0.600. The third-order valence-corrected chi connectivity index (χ3v) is 13.6. The maximum absolute atomic E-state index is 14.9. The number of carbonyl (C=O) groups excluding carboxylic acids is 2. The van der Waals surface area contributed by atoms with E-state index in [0.717, 1.165) is 72.3 Å². The quantitative estimate of drug-likeness (QED) is 0.0272. The Balaban J connectivity index is 1.35. The highest BCUT2D eigenvalue weighted by atomic mass is 35.5. The Labute approximate surface area is 392 Å². The van der Waals surface area contributed by atoms with E-state index in [4.69, 9.17) is 45.3 Å². The normalized spacial score (nSPS) is 24.9. The van der Waals surface area contributed by atoms with Crippen LogP contribution < -0.4 is 9.47 Å². The van der Waals surface area contributed by atoms with Gasteiger partial charge < -0.3 is 38.7 Å². The summed E-state index contributed by atoms with van der Waals surface area (Å²) in [4.78, 5) is 34.6. The number of benzene rings is 4. The van der Waals surface area contributed by atoms with E-state index in [1.54, 1.807) is 29.2 Å². The monoisotopic (exact) mass is 920 g/mol. The van der Waals surface area contributed by atoms with E-state index in [1.165, 1.54) is 0 Å². The molecule has 4 aliphatic rings. The highest BCUT2D eigenvalue weighted by Crippen LogP contribution is 2.62. The molecule has 66 heavy (non-hydrogen) atoms. The number of aldehydes is 1. The number of aliphatic hydroxyl groups excluding tert-OH is 2. The van der Waals surface area contributed by atoms with Gasteiger partial charge in [-0.3, -0.25) is 9.69 Å². The number of fused-ring (bicyclic) bond motifs is 3. The Morgan fingerprint density at radius 2 is 1.76 bits per heavy atom. The molecule has 0 aromatic heterocycles. The summed E-state index contributed by atoms with van der Waals surface area (Å²) < 4.78 is 33.1. The molecule has 4 aromatic rings. The second-order valence-corrected chi connectivity index (χ2v) is 17.9. The molecule has 12 nitrogen and oxygen atoms in total. The molecule has 2 heterocycles. The van der Waals surface area contributed by atoms with Crippen LogP contribution in [0, 0.1) is 17.8 Å². The molecular weight excluding hydrogens is 860 g/mol. The molecule has 1 amide bonds. The summed E-state index contributed by atoms with van der Waals surface area (Å²) in [6.45, 7) is 5.03. The van der Waals surface area contributed by atoms with Crippen LogP contribution in [-0.2, 0) is 25.6 Å². The third kappa shape index (κ3) is 10.3. The fraction of sp³-hybridized carbons (Fsp3) is 0.453. The van der Waals surface area contributed by atoms with Crippen molar-refractivity contribution in [2.75, 3.05) is 38.9 Å². The molecule has 0 radical (unpaired) electrons. The lowest BCUT2D eigenvalue weighted by atomic mass is 9.55. The van der Waals surface area contributed by atoms with E-state index in [0.29, 0.717) is 54.4 Å². The smallest absolute Gasteiger partial charge is 0.410 e. The van der Waals surface area contributed by atoms with Crippen molar-refractivity contribution in [1.29, 1.82) is 0 Å². The van der Waals surface area contributed by atoms with Gasteiger partial charge in [0.1, 0.15) is 36.2 Å². The summed E-state index contributed by atoms with van der Waals surface area (Å²) >= 11 is 6.18. The summed E-state index contributed by atoms with van der Waals surface area (Å²) in [7, 11) is 0. The van der Waals surface area contributed by atoms with E-state index in [9.17, 15) is 19.8 Å². The van der Waals surface area contributed by atoms with Crippen LogP contribution in [0.25, 0.3) is 10.8 Å². The van der Waals surface area contributed by atoms with Gasteiger partial charge >= 0.3 is 6.09 Å². The Morgan fingerprint density at radius 3 is 2.55 bits per heavy atom. The average Bonchev–Trinajstić information content (AvgIpc) is 3.35. The predicted molar refractivity (Wildman–Crippen MR) is 253 cm³/mol. The highest BCUT2D eigenvalue weighted by molar-refractivity contribution is 6.18. The number of amides is 1. The van der Waals surface area contributed by atoms with Gasteiger partial charge in [-0.15, -0.1) is 18.2 Å². The zero-order valence-corrected chi connectivity index (χ0v) is 38.2. The maximum atomic E-state index is 14.9. The van der Waals surface area contributed by atoms with Crippen LogP contribution >= 0.6 is 11.6 Å². The number of hydrogen-bond acceptors (Lipinski definition) is 11. The molecule has 0 spiro atoms. The van der Waals surface area contributed by atoms with Crippen molar-refractivity contribution >= 4 is 40.5 Å². The number of rotatable bonds is 21. The SMILES string of the molecule is C=CCOC12Oc3ccc(Oc4cccc(C=O)c4)cc3C3C(CCCCO)C(CCCCO)C=C(C(=NOC4CCCCO4)CC1N(Cc1cccc4ccccc14)C(=O)OCCCl)C32. The molecule has 2 aliphatic heterocycles. The average molecular weight is 922 g/mol. The molecule has 1 saturated heterocycles. The van der Waals surface area contributed by atoms with E-state index in [2.05, 4.69) is 30.9 Å². The number of hydrogen-bond donors (Lipinski definition) is 2. The minimum Gasteiger partial charge on any atom is -0.459 e. The molecule has 2 N–H and O–H groups in total. The minimum atomic E-state index is -1.52. The van der Waals surface area contributed by atoms with Crippen molar-refractivity contribution in [2.45, 2.75) is 94.8 Å². The van der Waals surface area contributed by atoms with Crippen LogP contribution in [0.5, 0.6) is 17.2 Å². The summed E-state index contributed by atoms with van der Waals surface area (Å²) in [6.07, 6.45) is 10.9. The highest BCUT2D eigenvalue weighted by Gasteiger charge is 2.66. The van der Waals surface area contributed by atoms with Gasteiger partial charge in [0, 0.05) is 43.1 Å². The molecule has 2 aliphatic carbocycles. The number of nitrogens with zero attached hydrogens (tertiary/aromatic N) is 2. The number of oxime groups is 1. The maximum Gasteiger partial charge on any atom is 0.410 e. The zero-order chi connectivity index (χ0) is 45.9. The van der Waals surface area contributed by atoms with E-state index >= 15 is 0 Å². The first kappa shape index (κ1) is 47.3. The summed E-state index contributed by atoms with van der Waals surface area (Å²) in [5, 5.41) is 27.0. The van der Waals surface area contributed by atoms with Crippen LogP contribution in [0.1, 0.15) is 91.6 Å². The molecule has 13 heteroatoms. The molecule has 8 rings (SSSR count). The fourth-order valence-electron chi connectivity index (χ4n) is 10.5. The second-order valence-electron chi connectivity index (χ2n) is 17.5. The standard InChI is InChI=1S/C53H61ClN2O10/c1-2-27-63-53-48(56(52(60)62-29-24-54)34-39-17-12-16-37-14-3-4-19-42(37)39)33-46(55-66-49-21-7-10-28-61-49)44-31-38(15-5-8-25-57)43(20-6-9-26-58)50(51(44)53)45-32-41(22-23-47(45)65-53)64-40-18-11-13-36(30-40)35-59/h2-4,11-14,16-19,22-23,30-32,35,38,43,48-51,57-58H,1,5-10,15,20-21,24-29,33-34H2. The molecule has 4 aromatic carbocycles. The molecule has 7 atom stereocenters. The molecule has 0 bridgehead atoms. The number of carbonyl (C=O) groups is 2. The number of allylic oxidation sites excluding steroid dienone is 1. The van der Waals surface area contributed by atoms with Gasteiger partial charge in [-0.25, -0.2) is 4.79 Å². The van der Waals surface area contributed by atoms with Gasteiger partial charge in [0.05, 0.1) is 37.3 Å². The Morgan fingerprint density at radius 1 is 0.955 bits per heavy atom. The fourth-order valence-corrected chi connectivity index (χ4v) is 10.6.